The van der Waals surface area contributed by atoms with Crippen LogP contribution in [0.25, 0.3) is 11.1 Å². The average molecular weight is 406 g/mol. The molecule has 3 heterocycles. The van der Waals surface area contributed by atoms with Crippen LogP contribution >= 0.6 is 0 Å². The Hall–Kier alpha value is -1.97. The van der Waals surface area contributed by atoms with Gasteiger partial charge in [-0.25, -0.2) is 17.8 Å². The van der Waals surface area contributed by atoms with Crippen LogP contribution in [0.1, 0.15) is 34.2 Å². The Kier molecular flexibility index (Phi) is 5.06. The number of fused-ring (bicyclic) bond motifs is 2. The summed E-state index contributed by atoms with van der Waals surface area (Å²) >= 11 is 0. The molecule has 0 bridgehead atoms. The second-order valence-electron chi connectivity index (χ2n) is 6.53. The first kappa shape index (κ1) is 20.8. The van der Waals surface area contributed by atoms with Crippen LogP contribution in [-0.4, -0.2) is 27.8 Å². The zero-order chi connectivity index (χ0) is 19.7. The van der Waals surface area contributed by atoms with Crippen molar-refractivity contribution in [1.29, 1.82) is 0 Å². The minimum absolute atomic E-state index is 0. The van der Waals surface area contributed by atoms with Gasteiger partial charge in [0.2, 0.25) is 0 Å². The Labute approximate surface area is 183 Å². The molecular weight excluding hydrogens is 391 g/mol. The first-order valence-electron chi connectivity index (χ1n) is 8.19. The molecule has 2 aromatic heterocycles. The van der Waals surface area contributed by atoms with Gasteiger partial charge in [-0.2, -0.15) is 0 Å². The van der Waals surface area contributed by atoms with Crippen LogP contribution in [0.5, 0.6) is 0 Å². The predicted molar refractivity (Wildman–Crippen MR) is 97.9 cm³/mol. The van der Waals surface area contributed by atoms with Gasteiger partial charge in [-0.05, 0) is 38.0 Å². The van der Waals surface area contributed by atoms with Gasteiger partial charge in [0.15, 0.2) is 0 Å². The number of carbonyl (C=O) groups excluding carboxylic acids is 1. The van der Waals surface area contributed by atoms with Crippen molar-refractivity contribution >= 4 is 27.1 Å². The topological polar surface area (TPSA) is 101 Å². The van der Waals surface area contributed by atoms with Gasteiger partial charge in [0.25, 0.3) is 5.91 Å². The molecule has 0 unspecified atom stereocenters. The Bertz CT molecular complexity index is 1350. The molecule has 0 N–H and O–H groups in total. The Morgan fingerprint density at radius 2 is 1.61 bits per heavy atom. The molecule has 28 heavy (non-hydrogen) atoms. The maximum absolute atomic E-state index is 13.0. The molecule has 0 aliphatic carbocycles. The fourth-order valence-corrected chi connectivity index (χ4v) is 4.77. The second-order valence-corrected chi connectivity index (χ2v) is 7.85. The van der Waals surface area contributed by atoms with Crippen LogP contribution < -0.4 is 35.2 Å². The number of nitrogens with zero attached hydrogens (tertiary/aromatic N) is 2. The summed E-state index contributed by atoms with van der Waals surface area (Å²) in [6, 6.07) is 10.8. The van der Waals surface area contributed by atoms with Crippen molar-refractivity contribution in [2.24, 2.45) is 0 Å². The van der Waals surface area contributed by atoms with E-state index in [4.69, 9.17) is 0 Å². The Morgan fingerprint density at radius 1 is 1.00 bits per heavy atom. The molecule has 0 amide bonds. The molecular formula is C19H15N2NaO5S. The predicted octanol–water partition coefficient (Wildman–Crippen LogP) is -0.898. The van der Waals surface area contributed by atoms with Gasteiger partial charge in [0.05, 0.1) is 16.1 Å². The van der Waals surface area contributed by atoms with Gasteiger partial charge in [0, 0.05) is 16.8 Å². The molecule has 1 aromatic carbocycles. The van der Waals surface area contributed by atoms with Gasteiger partial charge in [-0.3, -0.25) is 9.20 Å². The van der Waals surface area contributed by atoms with E-state index in [1.807, 2.05) is 30.3 Å². The smallest absolute Gasteiger partial charge is 0.744 e. The number of benzene rings is 1. The molecule has 3 aromatic rings. The number of aryl methyl sites for hydroxylation is 2. The second kappa shape index (κ2) is 6.82. The molecule has 0 radical (unpaired) electrons. The number of hydrogen-bond donors (Lipinski definition) is 0. The third-order valence-electron chi connectivity index (χ3n) is 4.99. The average Bonchev–Trinajstić information content (AvgIpc) is 3.00. The van der Waals surface area contributed by atoms with Crippen LogP contribution in [-0.2, 0) is 10.1 Å². The maximum Gasteiger partial charge on any atom is 1.00 e. The first-order valence-corrected chi connectivity index (χ1v) is 9.60. The van der Waals surface area contributed by atoms with Crippen molar-refractivity contribution in [3.05, 3.63) is 75.0 Å². The van der Waals surface area contributed by atoms with E-state index in [9.17, 15) is 22.6 Å². The third-order valence-corrected chi connectivity index (χ3v) is 6.10. The van der Waals surface area contributed by atoms with E-state index in [2.05, 4.69) is 0 Å². The third kappa shape index (κ3) is 2.75. The molecule has 0 fully saturated rings. The zero-order valence-electron chi connectivity index (χ0n) is 15.8. The van der Waals surface area contributed by atoms with Crippen molar-refractivity contribution in [2.45, 2.75) is 25.7 Å². The molecule has 0 spiro atoms. The molecule has 9 heteroatoms. The summed E-state index contributed by atoms with van der Waals surface area (Å²) in [5.41, 5.74) is 2.03. The van der Waals surface area contributed by atoms with E-state index in [0.29, 0.717) is 22.4 Å². The molecule has 4 rings (SSSR count). The molecule has 1 aliphatic rings. The Balaban J connectivity index is 0.00000225. The van der Waals surface area contributed by atoms with E-state index in [1.54, 1.807) is 13.0 Å². The van der Waals surface area contributed by atoms with Gasteiger partial charge < -0.3 is 4.55 Å². The molecule has 0 saturated carbocycles. The minimum Gasteiger partial charge on any atom is -0.744 e. The van der Waals surface area contributed by atoms with E-state index in [1.165, 1.54) is 13.8 Å². The summed E-state index contributed by atoms with van der Waals surface area (Å²) in [4.78, 5) is 25.4. The maximum atomic E-state index is 13.0. The normalized spacial score (nSPS) is 13.8. The van der Waals surface area contributed by atoms with Crippen LogP contribution in [0.3, 0.4) is 0 Å². The summed E-state index contributed by atoms with van der Waals surface area (Å²) in [6.45, 7) is 4.52. The zero-order valence-corrected chi connectivity index (χ0v) is 18.6. The monoisotopic (exact) mass is 406 g/mol. The molecule has 138 valence electrons. The summed E-state index contributed by atoms with van der Waals surface area (Å²) < 4.78 is 37.1. The van der Waals surface area contributed by atoms with Crippen molar-refractivity contribution in [3.8, 4) is 0 Å². The number of carbonyl (C=O) groups is 1. The van der Waals surface area contributed by atoms with Crippen LogP contribution in [0.15, 0.2) is 51.7 Å². The fourth-order valence-electron chi connectivity index (χ4n) is 3.84. The Morgan fingerprint density at radius 3 is 2.18 bits per heavy atom. The van der Waals surface area contributed by atoms with Gasteiger partial charge >= 0.3 is 35.2 Å². The van der Waals surface area contributed by atoms with Gasteiger partial charge in [-0.15, -0.1) is 0 Å². The van der Waals surface area contributed by atoms with Crippen LogP contribution in [0.4, 0.5) is 0 Å². The van der Waals surface area contributed by atoms with Crippen molar-refractivity contribution in [2.75, 3.05) is 0 Å². The number of hydrogen-bond acceptors (Lipinski definition) is 5. The van der Waals surface area contributed by atoms with Crippen LogP contribution in [0.2, 0.25) is 0 Å². The van der Waals surface area contributed by atoms with Crippen molar-refractivity contribution in [3.63, 3.8) is 0 Å². The van der Waals surface area contributed by atoms with Crippen molar-refractivity contribution < 1.29 is 47.3 Å². The molecule has 7 nitrogen and oxygen atoms in total. The molecule has 0 saturated heterocycles. The molecule has 1 aliphatic heterocycles. The molecule has 0 atom stereocenters. The summed E-state index contributed by atoms with van der Waals surface area (Å²) in [5, 5.41) is 0. The standard InChI is InChI=1S/C19H16N2O5S.Na/c1-10-14-9-15-16(13-7-5-4-6-8-13)11(2)18(22)21(15)19(23)20(14)12(3)17(10)27(24,25)26;/h4-9H,1-3H3,(H,24,25,26);/q;+1/p-1. The summed E-state index contributed by atoms with van der Waals surface area (Å²) in [6.07, 6.45) is 0. The van der Waals surface area contributed by atoms with Gasteiger partial charge in [-0.1, -0.05) is 30.3 Å². The van der Waals surface area contributed by atoms with Crippen LogP contribution in [0, 0.1) is 13.8 Å². The summed E-state index contributed by atoms with van der Waals surface area (Å²) in [7, 11) is -4.76. The SMILES string of the molecule is CC1=C(c2ccccc2)c2cc3c(C)c(S(=O)(=O)[O-])c(C)n3c(=O)n2C1=O.[Na+]. The van der Waals surface area contributed by atoms with E-state index < -0.39 is 26.6 Å². The van der Waals surface area contributed by atoms with Gasteiger partial charge in [0.1, 0.15) is 10.1 Å². The first-order chi connectivity index (χ1) is 12.6. The van der Waals surface area contributed by atoms with Crippen molar-refractivity contribution in [1.82, 2.24) is 8.97 Å². The largest absolute Gasteiger partial charge is 1.00 e. The number of rotatable bonds is 2. The number of allylic oxidation sites excluding steroid dienone is 1. The minimum atomic E-state index is -4.76. The van der Waals surface area contributed by atoms with E-state index >= 15 is 0 Å². The quantitative estimate of drug-likeness (QED) is 0.406. The number of aromatic nitrogens is 2. The summed E-state index contributed by atoms with van der Waals surface area (Å²) in [5.74, 6) is -0.465. The fraction of sp³-hybridized carbons (Fsp3) is 0.158. The van der Waals surface area contributed by atoms with E-state index in [0.717, 1.165) is 14.5 Å². The van der Waals surface area contributed by atoms with E-state index in [-0.39, 0.29) is 40.8 Å².